The summed E-state index contributed by atoms with van der Waals surface area (Å²) in [6.45, 7) is 9.39. The number of rotatable bonds is 10. The first-order chi connectivity index (χ1) is 11.7. The fraction of sp³-hybridized carbons (Fsp3) is 0.400. The molecule has 0 aliphatic heterocycles. The summed E-state index contributed by atoms with van der Waals surface area (Å²) in [5, 5.41) is 3.35. The Morgan fingerprint density at radius 3 is 2.42 bits per heavy atom. The van der Waals surface area contributed by atoms with Crippen LogP contribution in [0.3, 0.4) is 0 Å². The molecular formula is C20H27NO3. The maximum absolute atomic E-state index is 5.84. The van der Waals surface area contributed by atoms with Gasteiger partial charge < -0.3 is 19.5 Å². The summed E-state index contributed by atoms with van der Waals surface area (Å²) < 4.78 is 16.7. The van der Waals surface area contributed by atoms with Crippen molar-refractivity contribution in [1.29, 1.82) is 0 Å². The molecule has 4 heteroatoms. The van der Waals surface area contributed by atoms with Crippen molar-refractivity contribution in [3.8, 4) is 11.5 Å². The Balaban J connectivity index is 1.69. The quantitative estimate of drug-likeness (QED) is 0.663. The lowest BCUT2D eigenvalue weighted by atomic mass is 10.1. The highest BCUT2D eigenvalue weighted by molar-refractivity contribution is 5.46. The summed E-state index contributed by atoms with van der Waals surface area (Å²) in [5.74, 6) is 1.81. The average Bonchev–Trinajstić information content (AvgIpc) is 2.59. The summed E-state index contributed by atoms with van der Waals surface area (Å²) in [6, 6.07) is 14.2. The summed E-state index contributed by atoms with van der Waals surface area (Å²) in [7, 11) is 0. The first kappa shape index (κ1) is 18.1. The SMILES string of the molecule is CCOCCOc1ccc(NCCOc2cc(C)ccc2C)cc1. The van der Waals surface area contributed by atoms with Crippen molar-refractivity contribution in [2.75, 3.05) is 38.3 Å². The Labute approximate surface area is 144 Å². The number of hydrogen-bond acceptors (Lipinski definition) is 4. The fourth-order valence-corrected chi connectivity index (χ4v) is 2.25. The van der Waals surface area contributed by atoms with E-state index < -0.39 is 0 Å². The van der Waals surface area contributed by atoms with E-state index in [1.165, 1.54) is 5.56 Å². The molecule has 4 nitrogen and oxygen atoms in total. The molecule has 2 aromatic rings. The van der Waals surface area contributed by atoms with Gasteiger partial charge in [0.25, 0.3) is 0 Å². The van der Waals surface area contributed by atoms with E-state index in [-0.39, 0.29) is 0 Å². The van der Waals surface area contributed by atoms with Crippen LogP contribution in [0, 0.1) is 13.8 Å². The molecule has 0 bridgehead atoms. The summed E-state index contributed by atoms with van der Waals surface area (Å²) in [6.07, 6.45) is 0. The third kappa shape index (κ3) is 6.13. The predicted octanol–water partition coefficient (Wildman–Crippen LogP) is 4.21. The summed E-state index contributed by atoms with van der Waals surface area (Å²) in [4.78, 5) is 0. The van der Waals surface area contributed by atoms with Crippen molar-refractivity contribution >= 4 is 5.69 Å². The van der Waals surface area contributed by atoms with Crippen LogP contribution in [0.1, 0.15) is 18.1 Å². The number of ether oxygens (including phenoxy) is 3. The van der Waals surface area contributed by atoms with Gasteiger partial charge in [0.05, 0.1) is 6.61 Å². The van der Waals surface area contributed by atoms with Crippen LogP contribution in [0.15, 0.2) is 42.5 Å². The molecule has 0 aromatic heterocycles. The van der Waals surface area contributed by atoms with E-state index in [1.54, 1.807) is 0 Å². The molecule has 0 spiro atoms. The van der Waals surface area contributed by atoms with E-state index in [2.05, 4.69) is 37.4 Å². The van der Waals surface area contributed by atoms with Crippen LogP contribution in [0.25, 0.3) is 0 Å². The molecule has 0 heterocycles. The van der Waals surface area contributed by atoms with E-state index >= 15 is 0 Å². The third-order valence-electron chi connectivity index (χ3n) is 3.59. The molecule has 0 fully saturated rings. The summed E-state index contributed by atoms with van der Waals surface area (Å²) >= 11 is 0. The van der Waals surface area contributed by atoms with Gasteiger partial charge in [0.2, 0.25) is 0 Å². The van der Waals surface area contributed by atoms with E-state index in [0.29, 0.717) is 19.8 Å². The molecule has 2 aromatic carbocycles. The molecule has 0 radical (unpaired) electrons. The zero-order chi connectivity index (χ0) is 17.2. The van der Waals surface area contributed by atoms with Crippen LogP contribution in [-0.2, 0) is 4.74 Å². The van der Waals surface area contributed by atoms with Crippen molar-refractivity contribution in [2.24, 2.45) is 0 Å². The number of hydrogen-bond donors (Lipinski definition) is 1. The van der Waals surface area contributed by atoms with Crippen LogP contribution in [0.2, 0.25) is 0 Å². The molecule has 1 N–H and O–H groups in total. The second-order valence-electron chi connectivity index (χ2n) is 5.61. The van der Waals surface area contributed by atoms with E-state index in [4.69, 9.17) is 14.2 Å². The topological polar surface area (TPSA) is 39.7 Å². The molecule has 0 aliphatic carbocycles. The molecular weight excluding hydrogens is 302 g/mol. The van der Waals surface area contributed by atoms with Gasteiger partial charge >= 0.3 is 0 Å². The van der Waals surface area contributed by atoms with Crippen LogP contribution in [-0.4, -0.2) is 33.0 Å². The second-order valence-corrected chi connectivity index (χ2v) is 5.61. The van der Waals surface area contributed by atoms with E-state index in [9.17, 15) is 0 Å². The summed E-state index contributed by atoms with van der Waals surface area (Å²) in [5.41, 5.74) is 3.43. The largest absolute Gasteiger partial charge is 0.491 e. The number of anilines is 1. The minimum absolute atomic E-state index is 0.574. The zero-order valence-corrected chi connectivity index (χ0v) is 14.8. The smallest absolute Gasteiger partial charge is 0.122 e. The van der Waals surface area contributed by atoms with Gasteiger partial charge in [-0.05, 0) is 62.2 Å². The Morgan fingerprint density at radius 2 is 1.67 bits per heavy atom. The minimum Gasteiger partial charge on any atom is -0.491 e. The Bertz CT molecular complexity index is 611. The van der Waals surface area contributed by atoms with Gasteiger partial charge in [0.1, 0.15) is 24.7 Å². The van der Waals surface area contributed by atoms with Crippen LogP contribution >= 0.6 is 0 Å². The molecule has 0 saturated heterocycles. The van der Waals surface area contributed by atoms with Crippen LogP contribution in [0.4, 0.5) is 5.69 Å². The molecule has 0 aliphatic rings. The first-order valence-corrected chi connectivity index (χ1v) is 8.43. The van der Waals surface area contributed by atoms with Gasteiger partial charge in [-0.25, -0.2) is 0 Å². The molecule has 0 saturated carbocycles. The third-order valence-corrected chi connectivity index (χ3v) is 3.59. The maximum atomic E-state index is 5.84. The standard InChI is InChI=1S/C20H27NO3/c1-4-22-13-14-23-19-9-7-18(8-10-19)21-11-12-24-20-15-16(2)5-6-17(20)3/h5-10,15,21H,4,11-14H2,1-3H3. The van der Waals surface area contributed by atoms with Crippen molar-refractivity contribution in [3.05, 3.63) is 53.6 Å². The number of benzene rings is 2. The lowest BCUT2D eigenvalue weighted by molar-refractivity contribution is 0.110. The van der Waals surface area contributed by atoms with Gasteiger partial charge in [0.15, 0.2) is 0 Å². The zero-order valence-electron chi connectivity index (χ0n) is 14.8. The van der Waals surface area contributed by atoms with Gasteiger partial charge in [-0.2, -0.15) is 0 Å². The van der Waals surface area contributed by atoms with Gasteiger partial charge in [-0.15, -0.1) is 0 Å². The van der Waals surface area contributed by atoms with Crippen LogP contribution < -0.4 is 14.8 Å². The molecule has 0 atom stereocenters. The molecule has 0 unspecified atom stereocenters. The van der Waals surface area contributed by atoms with Crippen molar-refractivity contribution in [3.63, 3.8) is 0 Å². The van der Waals surface area contributed by atoms with E-state index in [1.807, 2.05) is 31.2 Å². The monoisotopic (exact) mass is 329 g/mol. The Hall–Kier alpha value is -2.20. The lowest BCUT2D eigenvalue weighted by Crippen LogP contribution is -2.12. The van der Waals surface area contributed by atoms with Crippen molar-refractivity contribution in [2.45, 2.75) is 20.8 Å². The number of aryl methyl sites for hydroxylation is 2. The highest BCUT2D eigenvalue weighted by Gasteiger charge is 2.00. The number of nitrogens with one attached hydrogen (secondary N) is 1. The molecule has 130 valence electrons. The minimum atomic E-state index is 0.574. The van der Waals surface area contributed by atoms with Gasteiger partial charge in [0, 0.05) is 18.8 Å². The highest BCUT2D eigenvalue weighted by Crippen LogP contribution is 2.19. The lowest BCUT2D eigenvalue weighted by Gasteiger charge is -2.12. The second kappa shape index (κ2) is 9.83. The van der Waals surface area contributed by atoms with Crippen molar-refractivity contribution < 1.29 is 14.2 Å². The average molecular weight is 329 g/mol. The molecule has 2 rings (SSSR count). The molecule has 0 amide bonds. The highest BCUT2D eigenvalue weighted by atomic mass is 16.5. The van der Waals surface area contributed by atoms with Gasteiger partial charge in [-0.1, -0.05) is 12.1 Å². The van der Waals surface area contributed by atoms with E-state index in [0.717, 1.165) is 35.9 Å². The molecule has 24 heavy (non-hydrogen) atoms. The van der Waals surface area contributed by atoms with Crippen molar-refractivity contribution in [1.82, 2.24) is 0 Å². The predicted molar refractivity (Wildman–Crippen MR) is 98.3 cm³/mol. The first-order valence-electron chi connectivity index (χ1n) is 8.43. The maximum Gasteiger partial charge on any atom is 0.122 e. The Kier molecular flexibility index (Phi) is 7.43. The van der Waals surface area contributed by atoms with Gasteiger partial charge in [-0.3, -0.25) is 0 Å². The fourth-order valence-electron chi connectivity index (χ4n) is 2.25. The Morgan fingerprint density at radius 1 is 0.875 bits per heavy atom. The van der Waals surface area contributed by atoms with Crippen LogP contribution in [0.5, 0.6) is 11.5 Å². The normalized spacial score (nSPS) is 10.5.